The smallest absolute Gasteiger partial charge is 0.269 e. The molecule has 1 aliphatic rings. The lowest BCUT2D eigenvalue weighted by Gasteiger charge is -2.15. The molecule has 1 heterocycles. The van der Waals surface area contributed by atoms with Gasteiger partial charge in [-0.15, -0.1) is 0 Å². The predicted octanol–water partition coefficient (Wildman–Crippen LogP) is 2.03. The molecule has 0 saturated heterocycles. The Morgan fingerprint density at radius 2 is 1.88 bits per heavy atom. The fraction of sp³-hybridized carbons (Fsp3) is 0.176. The van der Waals surface area contributed by atoms with Gasteiger partial charge in [-0.2, -0.15) is 0 Å². The van der Waals surface area contributed by atoms with Crippen molar-refractivity contribution in [1.82, 2.24) is 4.31 Å². The summed E-state index contributed by atoms with van der Waals surface area (Å²) in [6, 6.07) is 11.0. The molecular weight excluding hydrogens is 330 g/mol. The monoisotopic (exact) mass is 345 g/mol. The highest BCUT2D eigenvalue weighted by Gasteiger charge is 2.42. The van der Waals surface area contributed by atoms with E-state index < -0.39 is 28.3 Å². The van der Waals surface area contributed by atoms with Gasteiger partial charge < -0.3 is 4.74 Å². The number of hydrogen-bond acceptors (Lipinski definition) is 5. The lowest BCUT2D eigenvalue weighted by Crippen LogP contribution is -2.35. The van der Waals surface area contributed by atoms with Gasteiger partial charge in [-0.05, 0) is 31.2 Å². The van der Waals surface area contributed by atoms with Gasteiger partial charge in [0.1, 0.15) is 17.2 Å². The van der Waals surface area contributed by atoms with Gasteiger partial charge in [0, 0.05) is 0 Å². The van der Waals surface area contributed by atoms with Gasteiger partial charge in [-0.3, -0.25) is 9.59 Å². The molecule has 1 aliphatic heterocycles. The third kappa shape index (κ3) is 2.46. The van der Waals surface area contributed by atoms with Crippen LogP contribution in [0.3, 0.4) is 0 Å². The summed E-state index contributed by atoms with van der Waals surface area (Å²) in [5.74, 6) is -0.849. The summed E-state index contributed by atoms with van der Waals surface area (Å²) in [7, 11) is -2.58. The van der Waals surface area contributed by atoms with Crippen molar-refractivity contribution in [3.63, 3.8) is 0 Å². The van der Waals surface area contributed by atoms with Crippen molar-refractivity contribution < 1.29 is 22.7 Å². The standard InChI is InChI=1S/C17H15NO5S/c1-11-7-8-15(23-2)13(9-11)14(19)10-18-17(20)12-5-3-4-6-16(12)24(18,21)22/h3-9H,10H2,1-2H3. The number of fused-ring (bicyclic) bond motifs is 1. The van der Waals surface area contributed by atoms with Crippen molar-refractivity contribution in [2.24, 2.45) is 0 Å². The molecule has 24 heavy (non-hydrogen) atoms. The number of carbonyl (C=O) groups is 2. The first-order chi connectivity index (χ1) is 11.4. The van der Waals surface area contributed by atoms with E-state index >= 15 is 0 Å². The zero-order chi connectivity index (χ0) is 17.5. The van der Waals surface area contributed by atoms with Crippen molar-refractivity contribution in [3.8, 4) is 5.75 Å². The first-order valence-corrected chi connectivity index (χ1v) is 8.64. The molecule has 0 N–H and O–H groups in total. The number of Topliss-reactive ketones (excluding diaryl/α,β-unsaturated/α-hetero) is 1. The van der Waals surface area contributed by atoms with Gasteiger partial charge in [0.05, 0.1) is 18.2 Å². The Morgan fingerprint density at radius 1 is 1.17 bits per heavy atom. The Labute approximate surface area is 139 Å². The summed E-state index contributed by atoms with van der Waals surface area (Å²) in [4.78, 5) is 24.9. The average Bonchev–Trinajstić information content (AvgIpc) is 2.76. The number of aryl methyl sites for hydroxylation is 1. The summed E-state index contributed by atoms with van der Waals surface area (Å²) < 4.78 is 30.8. The number of rotatable bonds is 4. The lowest BCUT2D eigenvalue weighted by molar-refractivity contribution is 0.0819. The van der Waals surface area contributed by atoms with Gasteiger partial charge in [0.15, 0.2) is 5.78 Å². The summed E-state index contributed by atoms with van der Waals surface area (Å²) in [5, 5.41) is 0. The number of carbonyl (C=O) groups excluding carboxylic acids is 2. The van der Waals surface area contributed by atoms with E-state index in [1.54, 1.807) is 30.3 Å². The summed E-state index contributed by atoms with van der Waals surface area (Å²) in [5.41, 5.74) is 1.16. The molecule has 0 bridgehead atoms. The molecule has 6 nitrogen and oxygen atoms in total. The molecule has 3 rings (SSSR count). The van der Waals surface area contributed by atoms with Crippen LogP contribution in [0, 0.1) is 6.92 Å². The van der Waals surface area contributed by atoms with Gasteiger partial charge in [0.2, 0.25) is 0 Å². The number of hydrogen-bond donors (Lipinski definition) is 0. The zero-order valence-electron chi connectivity index (χ0n) is 13.1. The largest absolute Gasteiger partial charge is 0.496 e. The molecule has 7 heteroatoms. The van der Waals surface area contributed by atoms with E-state index in [1.165, 1.54) is 19.2 Å². The molecule has 2 aromatic rings. The van der Waals surface area contributed by atoms with E-state index in [1.807, 2.05) is 6.92 Å². The van der Waals surface area contributed by atoms with Crippen molar-refractivity contribution in [3.05, 3.63) is 59.2 Å². The molecule has 0 aliphatic carbocycles. The first-order valence-electron chi connectivity index (χ1n) is 7.20. The van der Waals surface area contributed by atoms with E-state index in [-0.39, 0.29) is 16.0 Å². The normalized spacial score (nSPS) is 15.2. The van der Waals surface area contributed by atoms with Crippen molar-refractivity contribution in [1.29, 1.82) is 0 Å². The van der Waals surface area contributed by atoms with E-state index in [0.29, 0.717) is 10.1 Å². The Bertz CT molecular complexity index is 949. The number of benzene rings is 2. The number of methoxy groups -OCH3 is 1. The highest BCUT2D eigenvalue weighted by Crippen LogP contribution is 2.30. The maximum Gasteiger partial charge on any atom is 0.269 e. The SMILES string of the molecule is COc1ccc(C)cc1C(=O)CN1C(=O)c2ccccc2S1(=O)=O. The van der Waals surface area contributed by atoms with Gasteiger partial charge in [-0.25, -0.2) is 12.7 Å². The van der Waals surface area contributed by atoms with E-state index in [2.05, 4.69) is 0 Å². The lowest BCUT2D eigenvalue weighted by atomic mass is 10.1. The van der Waals surface area contributed by atoms with E-state index in [0.717, 1.165) is 5.56 Å². The van der Waals surface area contributed by atoms with Crippen molar-refractivity contribution in [2.75, 3.05) is 13.7 Å². The average molecular weight is 345 g/mol. The second-order valence-corrected chi connectivity index (χ2v) is 7.27. The molecule has 0 saturated carbocycles. The van der Waals surface area contributed by atoms with Crippen LogP contribution in [-0.2, 0) is 10.0 Å². The zero-order valence-corrected chi connectivity index (χ0v) is 14.0. The number of ketones is 1. The van der Waals surface area contributed by atoms with Crippen LogP contribution in [0.15, 0.2) is 47.4 Å². The summed E-state index contributed by atoms with van der Waals surface area (Å²) in [6.45, 7) is 1.25. The summed E-state index contributed by atoms with van der Waals surface area (Å²) >= 11 is 0. The van der Waals surface area contributed by atoms with Crippen LogP contribution >= 0.6 is 0 Å². The van der Waals surface area contributed by atoms with Gasteiger partial charge in [0.25, 0.3) is 15.9 Å². The molecule has 0 fully saturated rings. The number of ether oxygens (including phenoxy) is 1. The van der Waals surface area contributed by atoms with Crippen molar-refractivity contribution in [2.45, 2.75) is 11.8 Å². The van der Waals surface area contributed by atoms with Crippen LogP contribution in [0.5, 0.6) is 5.75 Å². The topological polar surface area (TPSA) is 80.8 Å². The minimum atomic E-state index is -4.01. The fourth-order valence-corrected chi connectivity index (χ4v) is 4.17. The van der Waals surface area contributed by atoms with Crippen LogP contribution in [0.25, 0.3) is 0 Å². The second-order valence-electron chi connectivity index (χ2n) is 5.44. The van der Waals surface area contributed by atoms with E-state index in [4.69, 9.17) is 4.74 Å². The van der Waals surface area contributed by atoms with Crippen LogP contribution in [-0.4, -0.2) is 38.1 Å². The van der Waals surface area contributed by atoms with E-state index in [9.17, 15) is 18.0 Å². The first kappa shape index (κ1) is 16.2. The van der Waals surface area contributed by atoms with Crippen LogP contribution < -0.4 is 4.74 Å². The third-order valence-corrected chi connectivity index (χ3v) is 5.64. The molecule has 124 valence electrons. The highest BCUT2D eigenvalue weighted by atomic mass is 32.2. The Hall–Kier alpha value is -2.67. The minimum Gasteiger partial charge on any atom is -0.496 e. The predicted molar refractivity (Wildman–Crippen MR) is 86.7 cm³/mol. The molecule has 1 amide bonds. The van der Waals surface area contributed by atoms with Crippen LogP contribution in [0.4, 0.5) is 0 Å². The Kier molecular flexibility index (Phi) is 3.88. The molecule has 2 aromatic carbocycles. The molecule has 0 spiro atoms. The Morgan fingerprint density at radius 3 is 2.54 bits per heavy atom. The van der Waals surface area contributed by atoms with Gasteiger partial charge >= 0.3 is 0 Å². The fourth-order valence-electron chi connectivity index (χ4n) is 2.64. The minimum absolute atomic E-state index is 0.0704. The van der Waals surface area contributed by atoms with Gasteiger partial charge in [-0.1, -0.05) is 23.8 Å². The molecule has 0 atom stereocenters. The van der Waals surface area contributed by atoms with Crippen LogP contribution in [0.1, 0.15) is 26.3 Å². The maximum atomic E-state index is 12.6. The highest BCUT2D eigenvalue weighted by molar-refractivity contribution is 7.90. The maximum absolute atomic E-state index is 12.6. The third-order valence-electron chi connectivity index (χ3n) is 3.85. The van der Waals surface area contributed by atoms with Crippen LogP contribution in [0.2, 0.25) is 0 Å². The molecule has 0 radical (unpaired) electrons. The number of nitrogens with zero attached hydrogens (tertiary/aromatic N) is 1. The number of sulfonamides is 1. The summed E-state index contributed by atoms with van der Waals surface area (Å²) in [6.07, 6.45) is 0. The van der Waals surface area contributed by atoms with Crippen molar-refractivity contribution >= 4 is 21.7 Å². The second kappa shape index (κ2) is 5.76. The molecular formula is C17H15NO5S. The number of amides is 1. The Balaban J connectivity index is 1.97. The molecule has 0 unspecified atom stereocenters. The molecule has 0 aromatic heterocycles. The quantitative estimate of drug-likeness (QED) is 0.792.